The van der Waals surface area contributed by atoms with Crippen LogP contribution in [-0.2, 0) is 13.5 Å². The number of halogens is 3. The highest BCUT2D eigenvalue weighted by molar-refractivity contribution is 7.71. The Kier molecular flexibility index (Phi) is 3.55. The SMILES string of the molecule is CCc1nn(C)c2c1[nH]c(=S)n2-c1cc(Cl)c(F)c(Cl)c1. The van der Waals surface area contributed by atoms with Crippen LogP contribution in [0.5, 0.6) is 0 Å². The summed E-state index contributed by atoms with van der Waals surface area (Å²) in [5.74, 6) is -0.639. The van der Waals surface area contributed by atoms with Gasteiger partial charge in [-0.05, 0) is 30.8 Å². The van der Waals surface area contributed by atoms with Crippen LogP contribution in [-0.4, -0.2) is 19.3 Å². The normalized spacial score (nSPS) is 11.5. The summed E-state index contributed by atoms with van der Waals surface area (Å²) in [7, 11) is 1.83. The monoisotopic (exact) mass is 344 g/mol. The molecule has 4 nitrogen and oxygen atoms in total. The fraction of sp³-hybridized carbons (Fsp3) is 0.231. The second kappa shape index (κ2) is 5.12. The highest BCUT2D eigenvalue weighted by Crippen LogP contribution is 2.29. The average molecular weight is 345 g/mol. The van der Waals surface area contributed by atoms with Gasteiger partial charge in [0.1, 0.15) is 5.52 Å². The van der Waals surface area contributed by atoms with Gasteiger partial charge in [-0.2, -0.15) is 5.10 Å². The van der Waals surface area contributed by atoms with E-state index in [4.69, 9.17) is 35.4 Å². The Bertz CT molecular complexity index is 886. The minimum Gasteiger partial charge on any atom is -0.327 e. The molecule has 0 saturated carbocycles. The summed E-state index contributed by atoms with van der Waals surface area (Å²) in [6, 6.07) is 2.98. The number of hydrogen-bond acceptors (Lipinski definition) is 2. The first-order valence-electron chi connectivity index (χ1n) is 6.25. The standard InChI is InChI=1S/C13H11Cl2FN4S/c1-3-9-11-12(19(2)18-9)20(13(21)17-11)6-4-7(14)10(16)8(15)5-6/h4-5H,3H2,1-2H3,(H,17,21). The summed E-state index contributed by atoms with van der Waals surface area (Å²) in [5, 5.41) is 4.34. The Morgan fingerprint density at radius 1 is 1.33 bits per heavy atom. The van der Waals surface area contributed by atoms with Gasteiger partial charge in [0, 0.05) is 7.05 Å². The van der Waals surface area contributed by atoms with Crippen LogP contribution >= 0.6 is 35.4 Å². The Balaban J connectivity index is 2.38. The second-order valence-corrected chi connectivity index (χ2v) is 5.81. The molecule has 0 aliphatic heterocycles. The van der Waals surface area contributed by atoms with Crippen molar-refractivity contribution >= 4 is 46.6 Å². The quantitative estimate of drug-likeness (QED) is 0.551. The number of aromatic nitrogens is 4. The molecule has 3 aromatic rings. The zero-order valence-electron chi connectivity index (χ0n) is 11.2. The van der Waals surface area contributed by atoms with E-state index in [1.807, 2.05) is 14.0 Å². The van der Waals surface area contributed by atoms with E-state index >= 15 is 0 Å². The topological polar surface area (TPSA) is 38.5 Å². The number of hydrogen-bond donors (Lipinski definition) is 1. The average Bonchev–Trinajstić information content (AvgIpc) is 2.92. The van der Waals surface area contributed by atoms with E-state index < -0.39 is 5.82 Å². The third kappa shape index (κ3) is 2.18. The van der Waals surface area contributed by atoms with Crippen LogP contribution in [0.2, 0.25) is 10.0 Å². The summed E-state index contributed by atoms with van der Waals surface area (Å²) in [6.07, 6.45) is 0.775. The van der Waals surface area contributed by atoms with E-state index in [9.17, 15) is 4.39 Å². The number of fused-ring (bicyclic) bond motifs is 1. The molecule has 0 amide bonds. The largest absolute Gasteiger partial charge is 0.327 e. The van der Waals surface area contributed by atoms with Crippen LogP contribution in [0.15, 0.2) is 12.1 Å². The molecule has 110 valence electrons. The summed E-state index contributed by atoms with van der Waals surface area (Å²) in [5.41, 5.74) is 3.15. The number of nitrogens with zero attached hydrogens (tertiary/aromatic N) is 3. The molecule has 2 heterocycles. The molecule has 0 fully saturated rings. The molecule has 2 aromatic heterocycles. The van der Waals surface area contributed by atoms with E-state index in [0.717, 1.165) is 23.3 Å². The smallest absolute Gasteiger partial charge is 0.184 e. The van der Waals surface area contributed by atoms with E-state index in [1.54, 1.807) is 9.25 Å². The molecule has 0 aliphatic carbocycles. The van der Waals surface area contributed by atoms with Crippen molar-refractivity contribution in [2.45, 2.75) is 13.3 Å². The molecule has 21 heavy (non-hydrogen) atoms. The van der Waals surface area contributed by atoms with Crippen molar-refractivity contribution in [1.29, 1.82) is 0 Å². The van der Waals surface area contributed by atoms with Crippen LogP contribution in [0, 0.1) is 10.6 Å². The van der Waals surface area contributed by atoms with Gasteiger partial charge in [0.15, 0.2) is 16.2 Å². The fourth-order valence-corrected chi connectivity index (χ4v) is 3.14. The van der Waals surface area contributed by atoms with Crippen LogP contribution in [0.4, 0.5) is 4.39 Å². The van der Waals surface area contributed by atoms with Crippen molar-refractivity contribution in [3.8, 4) is 5.69 Å². The number of imidazole rings is 1. The van der Waals surface area contributed by atoms with Gasteiger partial charge in [-0.15, -0.1) is 0 Å². The number of aromatic amines is 1. The lowest BCUT2D eigenvalue weighted by molar-refractivity contribution is 0.628. The molecule has 0 radical (unpaired) electrons. The molecule has 0 unspecified atom stereocenters. The van der Waals surface area contributed by atoms with Gasteiger partial charge < -0.3 is 4.98 Å². The predicted octanol–water partition coefficient (Wildman–Crippen LogP) is 4.43. The Morgan fingerprint density at radius 3 is 2.52 bits per heavy atom. The third-order valence-corrected chi connectivity index (χ3v) is 4.13. The van der Waals surface area contributed by atoms with Crippen LogP contribution in [0.3, 0.4) is 0 Å². The van der Waals surface area contributed by atoms with Gasteiger partial charge in [0.25, 0.3) is 0 Å². The van der Waals surface area contributed by atoms with Gasteiger partial charge in [0.2, 0.25) is 0 Å². The summed E-state index contributed by atoms with van der Waals surface area (Å²) in [6.45, 7) is 2.02. The molecular formula is C13H11Cl2FN4S. The number of benzene rings is 1. The van der Waals surface area contributed by atoms with Crippen molar-refractivity contribution in [2.24, 2.45) is 7.05 Å². The second-order valence-electron chi connectivity index (χ2n) is 4.61. The third-order valence-electron chi connectivity index (χ3n) is 3.30. The number of nitrogens with one attached hydrogen (secondary N) is 1. The molecule has 0 atom stereocenters. The molecule has 8 heteroatoms. The minimum absolute atomic E-state index is 0.0494. The summed E-state index contributed by atoms with van der Waals surface area (Å²) < 4.78 is 17.5. The van der Waals surface area contributed by atoms with Crippen LogP contribution < -0.4 is 0 Å². The van der Waals surface area contributed by atoms with Crippen LogP contribution in [0.1, 0.15) is 12.6 Å². The van der Waals surface area contributed by atoms with Gasteiger partial charge in [0.05, 0.1) is 21.4 Å². The summed E-state index contributed by atoms with van der Waals surface area (Å²) in [4.78, 5) is 3.13. The molecule has 0 bridgehead atoms. The maximum absolute atomic E-state index is 13.6. The first-order chi connectivity index (χ1) is 9.93. The van der Waals surface area contributed by atoms with Gasteiger partial charge >= 0.3 is 0 Å². The Hall–Kier alpha value is -1.37. The summed E-state index contributed by atoms with van der Waals surface area (Å²) >= 11 is 17.1. The van der Waals surface area contributed by atoms with Crippen molar-refractivity contribution < 1.29 is 4.39 Å². The zero-order valence-corrected chi connectivity index (χ0v) is 13.6. The molecule has 0 saturated heterocycles. The maximum atomic E-state index is 13.6. The number of rotatable bonds is 2. The lowest BCUT2D eigenvalue weighted by atomic mass is 10.3. The molecule has 0 spiro atoms. The minimum atomic E-state index is -0.639. The highest BCUT2D eigenvalue weighted by Gasteiger charge is 2.17. The van der Waals surface area contributed by atoms with Gasteiger partial charge in [-0.3, -0.25) is 4.57 Å². The number of H-pyrrole nitrogens is 1. The molecule has 1 N–H and O–H groups in total. The first-order valence-corrected chi connectivity index (χ1v) is 7.42. The molecule has 3 rings (SSSR count). The lowest BCUT2D eigenvalue weighted by Crippen LogP contribution is -2.01. The van der Waals surface area contributed by atoms with Crippen molar-refractivity contribution in [1.82, 2.24) is 19.3 Å². The zero-order chi connectivity index (χ0) is 15.3. The Morgan fingerprint density at radius 2 is 1.95 bits per heavy atom. The lowest BCUT2D eigenvalue weighted by Gasteiger charge is -2.07. The van der Waals surface area contributed by atoms with Crippen molar-refractivity contribution in [3.63, 3.8) is 0 Å². The number of aryl methyl sites for hydroxylation is 2. The van der Waals surface area contributed by atoms with E-state index in [0.29, 0.717) is 10.5 Å². The fourth-order valence-electron chi connectivity index (χ4n) is 2.37. The predicted molar refractivity (Wildman–Crippen MR) is 84.6 cm³/mol. The Labute approximate surface area is 135 Å². The first kappa shape index (κ1) is 14.6. The van der Waals surface area contributed by atoms with Gasteiger partial charge in [-0.25, -0.2) is 9.07 Å². The van der Waals surface area contributed by atoms with Crippen molar-refractivity contribution in [2.75, 3.05) is 0 Å². The van der Waals surface area contributed by atoms with Crippen molar-refractivity contribution in [3.05, 3.63) is 38.5 Å². The van der Waals surface area contributed by atoms with Gasteiger partial charge in [-0.1, -0.05) is 30.1 Å². The molecule has 0 aliphatic rings. The molecule has 1 aromatic carbocycles. The van der Waals surface area contributed by atoms with E-state index in [1.165, 1.54) is 12.1 Å². The van der Waals surface area contributed by atoms with E-state index in [2.05, 4.69) is 10.1 Å². The van der Waals surface area contributed by atoms with Crippen LogP contribution in [0.25, 0.3) is 16.9 Å². The highest BCUT2D eigenvalue weighted by atomic mass is 35.5. The van der Waals surface area contributed by atoms with E-state index in [-0.39, 0.29) is 10.0 Å². The molecular weight excluding hydrogens is 334 g/mol. The maximum Gasteiger partial charge on any atom is 0.184 e.